The molecule has 0 aliphatic carbocycles. The summed E-state index contributed by atoms with van der Waals surface area (Å²) in [4.78, 5) is 0. The monoisotopic (exact) mass is 300 g/mol. The Morgan fingerprint density at radius 3 is 2.27 bits per heavy atom. The molecule has 0 amide bonds. The molecule has 1 aromatic carbocycles. The number of methoxy groups -OCH3 is 3. The smallest absolute Gasteiger partial charge is 0.203 e. The molecule has 2 aromatic heterocycles. The molecule has 0 atom stereocenters. The number of hydrogen-bond acceptors (Lipinski definition) is 6. The van der Waals surface area contributed by atoms with Gasteiger partial charge in [-0.2, -0.15) is 0 Å². The fourth-order valence-electron chi connectivity index (χ4n) is 2.34. The van der Waals surface area contributed by atoms with E-state index >= 15 is 0 Å². The van der Waals surface area contributed by atoms with E-state index in [-0.39, 0.29) is 0 Å². The number of ether oxygens (including phenoxy) is 3. The lowest BCUT2D eigenvalue weighted by molar-refractivity contribution is 0.324. The van der Waals surface area contributed by atoms with Crippen molar-refractivity contribution in [3.05, 3.63) is 30.5 Å². The first-order valence-electron chi connectivity index (χ1n) is 6.59. The SMILES string of the molecule is COc1cc(-c2nnc3c(N)cccn23)cc(OC)c1OC. The lowest BCUT2D eigenvalue weighted by atomic mass is 10.1. The van der Waals surface area contributed by atoms with E-state index in [0.29, 0.717) is 34.4 Å². The summed E-state index contributed by atoms with van der Waals surface area (Å²) in [6, 6.07) is 7.26. The number of pyridine rings is 1. The van der Waals surface area contributed by atoms with Crippen LogP contribution >= 0.6 is 0 Å². The molecule has 3 rings (SSSR count). The second-order valence-corrected chi connectivity index (χ2v) is 4.59. The first-order valence-corrected chi connectivity index (χ1v) is 6.59. The van der Waals surface area contributed by atoms with E-state index < -0.39 is 0 Å². The summed E-state index contributed by atoms with van der Waals surface area (Å²) in [7, 11) is 4.70. The summed E-state index contributed by atoms with van der Waals surface area (Å²) in [6.07, 6.45) is 1.85. The molecule has 7 nitrogen and oxygen atoms in total. The Bertz CT molecular complexity index is 804. The molecule has 0 saturated heterocycles. The zero-order valence-electron chi connectivity index (χ0n) is 12.5. The minimum atomic E-state index is 0.530. The number of anilines is 1. The summed E-state index contributed by atoms with van der Waals surface area (Å²) in [5.74, 6) is 2.28. The molecule has 0 spiro atoms. The van der Waals surface area contributed by atoms with Gasteiger partial charge in [-0.3, -0.25) is 4.40 Å². The summed E-state index contributed by atoms with van der Waals surface area (Å²) < 4.78 is 17.9. The van der Waals surface area contributed by atoms with Crippen molar-refractivity contribution in [1.29, 1.82) is 0 Å². The van der Waals surface area contributed by atoms with Gasteiger partial charge in [0.2, 0.25) is 5.75 Å². The van der Waals surface area contributed by atoms with Crippen molar-refractivity contribution in [2.24, 2.45) is 0 Å². The van der Waals surface area contributed by atoms with Gasteiger partial charge in [0, 0.05) is 11.8 Å². The van der Waals surface area contributed by atoms with Gasteiger partial charge in [0.1, 0.15) is 0 Å². The number of fused-ring (bicyclic) bond motifs is 1. The lowest BCUT2D eigenvalue weighted by Crippen LogP contribution is -1.97. The van der Waals surface area contributed by atoms with E-state index in [9.17, 15) is 0 Å². The maximum Gasteiger partial charge on any atom is 0.203 e. The van der Waals surface area contributed by atoms with Gasteiger partial charge >= 0.3 is 0 Å². The Balaban J connectivity index is 2.24. The van der Waals surface area contributed by atoms with Crippen LogP contribution in [0.25, 0.3) is 17.0 Å². The van der Waals surface area contributed by atoms with Gasteiger partial charge in [-0.1, -0.05) is 0 Å². The molecule has 0 fully saturated rings. The number of nitrogens with zero attached hydrogens (tertiary/aromatic N) is 3. The van der Waals surface area contributed by atoms with Gasteiger partial charge in [-0.05, 0) is 24.3 Å². The van der Waals surface area contributed by atoms with Crippen LogP contribution in [-0.4, -0.2) is 35.9 Å². The normalized spacial score (nSPS) is 10.7. The van der Waals surface area contributed by atoms with Gasteiger partial charge < -0.3 is 19.9 Å². The summed E-state index contributed by atoms with van der Waals surface area (Å²) in [5, 5.41) is 8.34. The van der Waals surface area contributed by atoms with Crippen LogP contribution < -0.4 is 19.9 Å². The Morgan fingerprint density at radius 1 is 1.00 bits per heavy atom. The van der Waals surface area contributed by atoms with E-state index in [0.717, 1.165) is 5.56 Å². The molecule has 0 aliphatic heterocycles. The molecule has 7 heteroatoms. The molecular formula is C15H16N4O3. The zero-order chi connectivity index (χ0) is 15.7. The second kappa shape index (κ2) is 5.44. The number of nitrogens with two attached hydrogens (primary N) is 1. The number of nitrogen functional groups attached to an aromatic ring is 1. The van der Waals surface area contributed by atoms with Gasteiger partial charge in [0.25, 0.3) is 0 Å². The minimum Gasteiger partial charge on any atom is -0.493 e. The minimum absolute atomic E-state index is 0.530. The van der Waals surface area contributed by atoms with Gasteiger partial charge in [-0.15, -0.1) is 10.2 Å². The van der Waals surface area contributed by atoms with Crippen molar-refractivity contribution < 1.29 is 14.2 Å². The van der Waals surface area contributed by atoms with Gasteiger partial charge in [-0.25, -0.2) is 0 Å². The molecule has 0 radical (unpaired) electrons. The average molecular weight is 300 g/mol. The molecule has 22 heavy (non-hydrogen) atoms. The summed E-state index contributed by atoms with van der Waals surface area (Å²) in [6.45, 7) is 0. The third-order valence-corrected chi connectivity index (χ3v) is 3.39. The van der Waals surface area contributed by atoms with Crippen molar-refractivity contribution in [2.45, 2.75) is 0 Å². The topological polar surface area (TPSA) is 83.9 Å². The molecular weight excluding hydrogens is 284 g/mol. The van der Waals surface area contributed by atoms with E-state index in [2.05, 4.69) is 10.2 Å². The average Bonchev–Trinajstić information content (AvgIpc) is 2.98. The van der Waals surface area contributed by atoms with Crippen LogP contribution in [0.2, 0.25) is 0 Å². The fraction of sp³-hybridized carbons (Fsp3) is 0.200. The molecule has 0 saturated carbocycles. The first kappa shape index (κ1) is 14.0. The molecule has 0 unspecified atom stereocenters. The largest absolute Gasteiger partial charge is 0.493 e. The van der Waals surface area contributed by atoms with E-state index in [1.807, 2.05) is 28.8 Å². The van der Waals surface area contributed by atoms with Gasteiger partial charge in [0.05, 0.1) is 27.0 Å². The van der Waals surface area contributed by atoms with Crippen LogP contribution in [0.1, 0.15) is 0 Å². The van der Waals surface area contributed by atoms with Crippen molar-refractivity contribution in [2.75, 3.05) is 27.1 Å². The van der Waals surface area contributed by atoms with Crippen LogP contribution in [0.3, 0.4) is 0 Å². The zero-order valence-corrected chi connectivity index (χ0v) is 12.5. The lowest BCUT2D eigenvalue weighted by Gasteiger charge is -2.13. The number of benzene rings is 1. The predicted octanol–water partition coefficient (Wildman–Crippen LogP) is 2.00. The number of aromatic nitrogens is 3. The molecule has 114 valence electrons. The third kappa shape index (κ3) is 2.07. The maximum atomic E-state index is 5.91. The highest BCUT2D eigenvalue weighted by molar-refractivity contribution is 5.72. The Hall–Kier alpha value is -2.96. The number of hydrogen-bond donors (Lipinski definition) is 1. The van der Waals surface area contributed by atoms with Crippen LogP contribution in [0.4, 0.5) is 5.69 Å². The highest BCUT2D eigenvalue weighted by Gasteiger charge is 2.17. The van der Waals surface area contributed by atoms with Crippen LogP contribution in [-0.2, 0) is 0 Å². The van der Waals surface area contributed by atoms with Crippen molar-refractivity contribution in [1.82, 2.24) is 14.6 Å². The Labute approximate surface area is 127 Å². The highest BCUT2D eigenvalue weighted by Crippen LogP contribution is 2.40. The van der Waals surface area contributed by atoms with Gasteiger partial charge in [0.15, 0.2) is 23.0 Å². The van der Waals surface area contributed by atoms with E-state index in [1.165, 1.54) is 0 Å². The highest BCUT2D eigenvalue weighted by atomic mass is 16.5. The molecule has 3 aromatic rings. The maximum absolute atomic E-state index is 5.91. The fourth-order valence-corrected chi connectivity index (χ4v) is 2.34. The summed E-state index contributed by atoms with van der Waals surface area (Å²) in [5.41, 5.74) is 7.86. The Kier molecular flexibility index (Phi) is 3.46. The van der Waals surface area contributed by atoms with E-state index in [1.54, 1.807) is 27.4 Å². The van der Waals surface area contributed by atoms with Crippen LogP contribution in [0, 0.1) is 0 Å². The molecule has 2 N–H and O–H groups in total. The second-order valence-electron chi connectivity index (χ2n) is 4.59. The molecule has 2 heterocycles. The van der Waals surface area contributed by atoms with E-state index in [4.69, 9.17) is 19.9 Å². The molecule has 0 aliphatic rings. The Morgan fingerprint density at radius 2 is 1.68 bits per heavy atom. The van der Waals surface area contributed by atoms with Crippen molar-refractivity contribution in [3.63, 3.8) is 0 Å². The first-order chi connectivity index (χ1) is 10.7. The quantitative estimate of drug-likeness (QED) is 0.793. The number of rotatable bonds is 4. The van der Waals surface area contributed by atoms with Crippen molar-refractivity contribution in [3.8, 4) is 28.6 Å². The third-order valence-electron chi connectivity index (χ3n) is 3.39. The standard InChI is InChI=1S/C15H16N4O3/c1-20-11-7-9(8-12(21-2)13(11)22-3)14-17-18-15-10(16)5-4-6-19(14)15/h4-8H,16H2,1-3H3. The van der Waals surface area contributed by atoms with Crippen molar-refractivity contribution >= 4 is 11.3 Å². The van der Waals surface area contributed by atoms with Crippen LogP contribution in [0.5, 0.6) is 17.2 Å². The van der Waals surface area contributed by atoms with Crippen LogP contribution in [0.15, 0.2) is 30.5 Å². The summed E-state index contributed by atoms with van der Waals surface area (Å²) >= 11 is 0. The molecule has 0 bridgehead atoms. The predicted molar refractivity (Wildman–Crippen MR) is 82.5 cm³/mol.